The molecule has 1 heterocycles. The van der Waals surface area contributed by atoms with E-state index in [4.69, 9.17) is 33.5 Å². The standard InChI is InChI=1S/C10H12Cl2N2S3/c1-3-10(4-2)7(8(11)12)17-9(14-10)16-6-15-5-13/h3-4,6H2,1-2H3. The third kappa shape index (κ3) is 3.74. The quantitative estimate of drug-likeness (QED) is 0.404. The molecule has 94 valence electrons. The maximum absolute atomic E-state index is 8.48. The Hall–Kier alpha value is 0.530. The first-order valence-electron chi connectivity index (χ1n) is 5.06. The predicted molar refractivity (Wildman–Crippen MR) is 82.7 cm³/mol. The number of hydrogen-bond donors (Lipinski definition) is 0. The second kappa shape index (κ2) is 7.20. The summed E-state index contributed by atoms with van der Waals surface area (Å²) in [6.07, 6.45) is 1.76. The maximum Gasteiger partial charge on any atom is 0.134 e. The van der Waals surface area contributed by atoms with Crippen molar-refractivity contribution in [1.29, 1.82) is 5.26 Å². The predicted octanol–water partition coefficient (Wildman–Crippen LogP) is 5.20. The summed E-state index contributed by atoms with van der Waals surface area (Å²) in [6.45, 7) is 4.17. The molecule has 1 aliphatic heterocycles. The van der Waals surface area contributed by atoms with Crippen molar-refractivity contribution < 1.29 is 0 Å². The van der Waals surface area contributed by atoms with Gasteiger partial charge >= 0.3 is 0 Å². The first-order chi connectivity index (χ1) is 8.09. The second-order valence-corrected chi connectivity index (χ2v) is 7.60. The lowest BCUT2D eigenvalue weighted by atomic mass is 9.94. The van der Waals surface area contributed by atoms with Crippen LogP contribution >= 0.6 is 58.5 Å². The van der Waals surface area contributed by atoms with Crippen LogP contribution in [-0.4, -0.2) is 15.0 Å². The maximum atomic E-state index is 8.48. The molecule has 0 saturated carbocycles. The Morgan fingerprint density at radius 3 is 2.53 bits per heavy atom. The third-order valence-electron chi connectivity index (χ3n) is 2.56. The van der Waals surface area contributed by atoms with Gasteiger partial charge in [0.25, 0.3) is 0 Å². The van der Waals surface area contributed by atoms with Crippen molar-refractivity contribution in [1.82, 2.24) is 0 Å². The Morgan fingerprint density at radius 1 is 1.47 bits per heavy atom. The van der Waals surface area contributed by atoms with Gasteiger partial charge in [-0.15, -0.1) is 0 Å². The molecule has 0 fully saturated rings. The first kappa shape index (κ1) is 15.6. The molecule has 0 bridgehead atoms. The lowest BCUT2D eigenvalue weighted by Gasteiger charge is -2.23. The van der Waals surface area contributed by atoms with E-state index in [1.165, 1.54) is 23.5 Å². The van der Waals surface area contributed by atoms with Gasteiger partial charge in [0.2, 0.25) is 0 Å². The zero-order chi connectivity index (χ0) is 12.9. The van der Waals surface area contributed by atoms with Gasteiger partial charge in [0.05, 0.1) is 10.6 Å². The van der Waals surface area contributed by atoms with Crippen LogP contribution in [0.3, 0.4) is 0 Å². The highest BCUT2D eigenvalue weighted by molar-refractivity contribution is 8.43. The largest absolute Gasteiger partial charge is 0.259 e. The van der Waals surface area contributed by atoms with Gasteiger partial charge in [-0.05, 0) is 24.6 Å². The summed E-state index contributed by atoms with van der Waals surface area (Å²) in [5.41, 5.74) is -0.261. The number of thioether (sulfide) groups is 3. The summed E-state index contributed by atoms with van der Waals surface area (Å²) >= 11 is 16.2. The molecule has 0 aromatic heterocycles. The second-order valence-electron chi connectivity index (χ2n) is 3.31. The molecule has 0 unspecified atom stereocenters. The summed E-state index contributed by atoms with van der Waals surface area (Å²) in [5, 5.41) is 11.2. The number of rotatable bonds is 4. The Morgan fingerprint density at radius 2 is 2.12 bits per heavy atom. The highest BCUT2D eigenvalue weighted by atomic mass is 35.5. The average molecular weight is 327 g/mol. The number of nitriles is 1. The fraction of sp³-hybridized carbons (Fsp3) is 0.600. The molecule has 0 atom stereocenters. The molecule has 0 aromatic rings. The Labute approximate surface area is 125 Å². The van der Waals surface area contributed by atoms with Crippen LogP contribution in [0.25, 0.3) is 0 Å². The molecule has 0 amide bonds. The van der Waals surface area contributed by atoms with Crippen molar-refractivity contribution in [2.75, 3.05) is 5.08 Å². The van der Waals surface area contributed by atoms with Crippen LogP contribution in [-0.2, 0) is 0 Å². The average Bonchev–Trinajstić information content (AvgIpc) is 2.69. The topological polar surface area (TPSA) is 36.1 Å². The van der Waals surface area contributed by atoms with Crippen LogP contribution < -0.4 is 0 Å². The number of hydrogen-bond acceptors (Lipinski definition) is 5. The van der Waals surface area contributed by atoms with Crippen LogP contribution in [0.4, 0.5) is 0 Å². The Bertz CT molecular complexity index is 380. The Kier molecular flexibility index (Phi) is 6.60. The monoisotopic (exact) mass is 326 g/mol. The van der Waals surface area contributed by atoms with Gasteiger partial charge in [-0.2, -0.15) is 5.26 Å². The molecular weight excluding hydrogens is 315 g/mol. The van der Waals surface area contributed by atoms with Gasteiger partial charge < -0.3 is 0 Å². The smallest absolute Gasteiger partial charge is 0.134 e. The van der Waals surface area contributed by atoms with Crippen molar-refractivity contribution in [2.24, 2.45) is 4.99 Å². The van der Waals surface area contributed by atoms with Crippen LogP contribution in [0.1, 0.15) is 26.7 Å². The third-order valence-corrected chi connectivity index (χ3v) is 6.23. The lowest BCUT2D eigenvalue weighted by Crippen LogP contribution is -2.23. The van der Waals surface area contributed by atoms with Crippen molar-refractivity contribution in [2.45, 2.75) is 32.2 Å². The minimum Gasteiger partial charge on any atom is -0.259 e. The zero-order valence-electron chi connectivity index (χ0n) is 9.50. The van der Waals surface area contributed by atoms with Crippen molar-refractivity contribution >= 4 is 62.9 Å². The Balaban J connectivity index is 2.86. The molecule has 1 aliphatic rings. The first-order valence-corrected chi connectivity index (χ1v) is 8.61. The molecule has 0 N–H and O–H groups in total. The van der Waals surface area contributed by atoms with Crippen molar-refractivity contribution in [3.05, 3.63) is 9.40 Å². The summed E-state index contributed by atoms with van der Waals surface area (Å²) in [4.78, 5) is 5.66. The van der Waals surface area contributed by atoms with Gasteiger partial charge in [0, 0.05) is 4.91 Å². The van der Waals surface area contributed by atoms with Gasteiger partial charge in [-0.1, -0.05) is 60.6 Å². The highest BCUT2D eigenvalue weighted by Gasteiger charge is 2.39. The fourth-order valence-electron chi connectivity index (χ4n) is 1.54. The molecule has 1 rings (SSSR count). The van der Waals surface area contributed by atoms with Gasteiger partial charge in [0.15, 0.2) is 0 Å². The molecule has 0 spiro atoms. The number of thiocyanates is 1. The van der Waals surface area contributed by atoms with E-state index < -0.39 is 0 Å². The van der Waals surface area contributed by atoms with E-state index in [1.54, 1.807) is 11.8 Å². The van der Waals surface area contributed by atoms with E-state index in [9.17, 15) is 0 Å². The van der Waals surface area contributed by atoms with Crippen LogP contribution in [0.5, 0.6) is 0 Å². The number of halogens is 2. The van der Waals surface area contributed by atoms with E-state index >= 15 is 0 Å². The zero-order valence-corrected chi connectivity index (χ0v) is 13.5. The van der Waals surface area contributed by atoms with Crippen LogP contribution in [0, 0.1) is 10.7 Å². The summed E-state index contributed by atoms with van der Waals surface area (Å²) in [7, 11) is 0. The van der Waals surface area contributed by atoms with Crippen molar-refractivity contribution in [3.8, 4) is 5.40 Å². The molecule has 7 heteroatoms. The summed E-state index contributed by atoms with van der Waals surface area (Å²) in [5.74, 6) is 0. The molecule has 0 aromatic carbocycles. The normalized spacial score (nSPS) is 17.8. The minimum atomic E-state index is -0.261. The minimum absolute atomic E-state index is 0.261. The molecule has 0 radical (unpaired) electrons. The van der Waals surface area contributed by atoms with Crippen molar-refractivity contribution in [3.63, 3.8) is 0 Å². The van der Waals surface area contributed by atoms with Crippen LogP contribution in [0.2, 0.25) is 0 Å². The van der Waals surface area contributed by atoms with E-state index in [2.05, 4.69) is 13.8 Å². The fourth-order valence-corrected chi connectivity index (χ4v) is 5.13. The van der Waals surface area contributed by atoms with E-state index in [0.717, 1.165) is 22.1 Å². The van der Waals surface area contributed by atoms with Gasteiger partial charge in [-0.25, -0.2) is 0 Å². The number of aliphatic imine (C=N–C) groups is 1. The van der Waals surface area contributed by atoms with Gasteiger partial charge in [-0.3, -0.25) is 4.99 Å². The summed E-state index contributed by atoms with van der Waals surface area (Å²) in [6, 6.07) is 0. The van der Waals surface area contributed by atoms with Gasteiger partial charge in [0.1, 0.15) is 14.3 Å². The van der Waals surface area contributed by atoms with E-state index in [1.807, 2.05) is 5.40 Å². The molecule has 17 heavy (non-hydrogen) atoms. The van der Waals surface area contributed by atoms with E-state index in [0.29, 0.717) is 9.58 Å². The molecule has 0 aliphatic carbocycles. The van der Waals surface area contributed by atoms with Crippen LogP contribution in [0.15, 0.2) is 14.4 Å². The summed E-state index contributed by atoms with van der Waals surface area (Å²) < 4.78 is 1.26. The number of nitrogens with zero attached hydrogens (tertiary/aromatic N) is 2. The molecular formula is C10H12Cl2N2S3. The SMILES string of the molecule is CCC1(CC)N=C(SCSC#N)SC1=C(Cl)Cl. The molecule has 0 saturated heterocycles. The highest BCUT2D eigenvalue weighted by Crippen LogP contribution is 2.49. The van der Waals surface area contributed by atoms with E-state index in [-0.39, 0.29) is 5.54 Å². The molecule has 2 nitrogen and oxygen atoms in total. The lowest BCUT2D eigenvalue weighted by molar-refractivity contribution is 0.495.